The zero-order valence-electron chi connectivity index (χ0n) is 14.8. The molecule has 0 aromatic heterocycles. The molecular formula is C18H18F2N2O5S. The van der Waals surface area contributed by atoms with E-state index < -0.39 is 39.9 Å². The minimum Gasteiger partial charge on any atom is -0.372 e. The third-order valence-electron chi connectivity index (χ3n) is 4.27. The number of nitrogens with zero attached hydrogens (tertiary/aromatic N) is 1. The molecule has 10 heteroatoms. The van der Waals surface area contributed by atoms with Crippen molar-refractivity contribution in [3.05, 3.63) is 71.3 Å². The fourth-order valence-corrected chi connectivity index (χ4v) is 4.26. The highest BCUT2D eigenvalue weighted by Gasteiger charge is 2.42. The summed E-state index contributed by atoms with van der Waals surface area (Å²) < 4.78 is 60.8. The molecule has 28 heavy (non-hydrogen) atoms. The van der Waals surface area contributed by atoms with E-state index in [4.69, 9.17) is 9.57 Å². The molecule has 3 rings (SSSR count). The molecule has 0 bridgehead atoms. The minimum absolute atomic E-state index is 0.00413. The predicted octanol–water partition coefficient (Wildman–Crippen LogP) is 2.33. The molecule has 1 fully saturated rings. The summed E-state index contributed by atoms with van der Waals surface area (Å²) in [5.74, 6) is -2.47. The van der Waals surface area contributed by atoms with Crippen LogP contribution in [0.2, 0.25) is 0 Å². The number of carbonyl (C=O) groups is 1. The Hall–Kier alpha value is -2.40. The maximum Gasteiger partial charge on any atom is 0.326 e. The molecule has 1 saturated heterocycles. The van der Waals surface area contributed by atoms with Crippen LogP contribution in [0.1, 0.15) is 28.4 Å². The third kappa shape index (κ3) is 4.20. The summed E-state index contributed by atoms with van der Waals surface area (Å²) in [4.78, 5) is 17.2. The Labute approximate surface area is 161 Å². The van der Waals surface area contributed by atoms with Crippen LogP contribution < -0.4 is 4.72 Å². The van der Waals surface area contributed by atoms with E-state index in [-0.39, 0.29) is 24.2 Å². The molecular weight excluding hydrogens is 394 g/mol. The van der Waals surface area contributed by atoms with Crippen LogP contribution in [0.15, 0.2) is 48.5 Å². The van der Waals surface area contributed by atoms with E-state index in [1.54, 1.807) is 18.2 Å². The zero-order chi connectivity index (χ0) is 20.3. The summed E-state index contributed by atoms with van der Waals surface area (Å²) in [6, 6.07) is 9.76. The van der Waals surface area contributed by atoms with Crippen molar-refractivity contribution in [2.75, 3.05) is 13.7 Å². The second-order valence-corrected chi connectivity index (χ2v) is 7.57. The Bertz CT molecular complexity index is 956. The highest BCUT2D eigenvalue weighted by atomic mass is 32.2. The van der Waals surface area contributed by atoms with Gasteiger partial charge < -0.3 is 4.74 Å². The number of ether oxygens (including phenoxy) is 1. The molecule has 2 atom stereocenters. The average Bonchev–Trinajstić information content (AvgIpc) is 3.11. The molecule has 1 aliphatic heterocycles. The van der Waals surface area contributed by atoms with Crippen molar-refractivity contribution in [1.82, 2.24) is 9.19 Å². The summed E-state index contributed by atoms with van der Waals surface area (Å²) in [6.45, 7) is 0.133. The molecule has 1 aliphatic rings. The van der Waals surface area contributed by atoms with Crippen LogP contribution in [0, 0.1) is 11.6 Å². The average molecular weight is 412 g/mol. The molecule has 0 aliphatic carbocycles. The molecule has 2 unspecified atom stereocenters. The first kappa shape index (κ1) is 20.3. The van der Waals surface area contributed by atoms with Gasteiger partial charge >= 0.3 is 10.2 Å². The van der Waals surface area contributed by atoms with Gasteiger partial charge in [-0.05, 0) is 24.6 Å². The number of hydrogen-bond acceptors (Lipinski definition) is 5. The maximum atomic E-state index is 14.2. The largest absolute Gasteiger partial charge is 0.372 e. The first-order valence-electron chi connectivity index (χ1n) is 8.35. The Morgan fingerprint density at radius 1 is 1.21 bits per heavy atom. The molecule has 1 N–H and O–H groups in total. The van der Waals surface area contributed by atoms with Crippen molar-refractivity contribution in [1.29, 1.82) is 0 Å². The van der Waals surface area contributed by atoms with Gasteiger partial charge in [0.05, 0.1) is 13.2 Å². The van der Waals surface area contributed by atoms with Crippen LogP contribution in [0.5, 0.6) is 0 Å². The van der Waals surface area contributed by atoms with E-state index in [1.807, 2.05) is 4.72 Å². The van der Waals surface area contributed by atoms with Gasteiger partial charge in [-0.1, -0.05) is 28.7 Å². The Morgan fingerprint density at radius 2 is 1.93 bits per heavy atom. The molecule has 7 nitrogen and oxygen atoms in total. The van der Waals surface area contributed by atoms with Gasteiger partial charge in [0.15, 0.2) is 0 Å². The first-order chi connectivity index (χ1) is 13.3. The number of rotatable bonds is 6. The summed E-state index contributed by atoms with van der Waals surface area (Å²) in [6.07, 6.45) is -0.834. The number of hydrogen-bond donors (Lipinski definition) is 1. The van der Waals surface area contributed by atoms with E-state index in [9.17, 15) is 22.0 Å². The van der Waals surface area contributed by atoms with Crippen molar-refractivity contribution >= 4 is 16.1 Å². The number of halogens is 2. The molecule has 0 spiro atoms. The lowest BCUT2D eigenvalue weighted by Crippen LogP contribution is -2.48. The van der Waals surface area contributed by atoms with Crippen molar-refractivity contribution in [2.45, 2.75) is 18.6 Å². The molecule has 1 heterocycles. The molecule has 1 amide bonds. The molecule has 150 valence electrons. The maximum absolute atomic E-state index is 14.2. The topological polar surface area (TPSA) is 84.9 Å². The summed E-state index contributed by atoms with van der Waals surface area (Å²) in [7, 11) is -3.32. The van der Waals surface area contributed by atoms with Gasteiger partial charge in [0.1, 0.15) is 17.7 Å². The minimum atomic E-state index is -4.43. The number of benzene rings is 2. The summed E-state index contributed by atoms with van der Waals surface area (Å²) in [5.41, 5.74) is 0.140. The van der Waals surface area contributed by atoms with Crippen LogP contribution >= 0.6 is 0 Å². The van der Waals surface area contributed by atoms with Gasteiger partial charge in [-0.3, -0.25) is 9.63 Å². The van der Waals surface area contributed by atoms with Gasteiger partial charge in [-0.15, -0.1) is 0 Å². The highest BCUT2D eigenvalue weighted by Crippen LogP contribution is 2.35. The van der Waals surface area contributed by atoms with E-state index in [2.05, 4.69) is 0 Å². The van der Waals surface area contributed by atoms with Crippen molar-refractivity contribution in [2.24, 2.45) is 0 Å². The van der Waals surface area contributed by atoms with Crippen LogP contribution in [0.4, 0.5) is 8.78 Å². The smallest absolute Gasteiger partial charge is 0.326 e. The number of amides is 1. The Morgan fingerprint density at radius 3 is 2.57 bits per heavy atom. The number of carbonyl (C=O) groups excluding carboxylic acids is 1. The van der Waals surface area contributed by atoms with E-state index in [0.717, 1.165) is 13.2 Å². The molecule has 0 radical (unpaired) electrons. The van der Waals surface area contributed by atoms with Crippen molar-refractivity contribution in [3.8, 4) is 0 Å². The predicted molar refractivity (Wildman–Crippen MR) is 95.1 cm³/mol. The van der Waals surface area contributed by atoms with Crippen LogP contribution in [0.25, 0.3) is 0 Å². The third-order valence-corrected chi connectivity index (χ3v) is 5.61. The Balaban J connectivity index is 1.85. The fourth-order valence-electron chi connectivity index (χ4n) is 3.05. The second-order valence-electron chi connectivity index (χ2n) is 6.05. The number of nitrogens with one attached hydrogen (secondary N) is 1. The lowest BCUT2D eigenvalue weighted by molar-refractivity contribution is -0.0988. The fraction of sp³-hybridized carbons (Fsp3) is 0.278. The van der Waals surface area contributed by atoms with Crippen LogP contribution in [-0.2, 0) is 19.8 Å². The SMILES string of the molecule is CON(C1CCOC1c1ccc(F)cc1F)S(=O)(=O)NC(=O)c1ccccc1. The second kappa shape index (κ2) is 8.31. The lowest BCUT2D eigenvalue weighted by Gasteiger charge is -2.29. The van der Waals surface area contributed by atoms with Gasteiger partial charge in [0, 0.05) is 23.8 Å². The number of hydroxylamine groups is 1. The van der Waals surface area contributed by atoms with Gasteiger partial charge in [-0.25, -0.2) is 13.5 Å². The van der Waals surface area contributed by atoms with Crippen LogP contribution in [0.3, 0.4) is 0 Å². The summed E-state index contributed by atoms with van der Waals surface area (Å²) in [5, 5.41) is 0. The van der Waals surface area contributed by atoms with Gasteiger partial charge in [0.2, 0.25) is 0 Å². The summed E-state index contributed by atoms with van der Waals surface area (Å²) >= 11 is 0. The molecule has 2 aromatic rings. The monoisotopic (exact) mass is 412 g/mol. The zero-order valence-corrected chi connectivity index (χ0v) is 15.7. The van der Waals surface area contributed by atoms with Gasteiger partial charge in [-0.2, -0.15) is 8.42 Å². The normalized spacial score (nSPS) is 19.7. The highest BCUT2D eigenvalue weighted by molar-refractivity contribution is 7.87. The van der Waals surface area contributed by atoms with Crippen molar-refractivity contribution < 1.29 is 31.6 Å². The van der Waals surface area contributed by atoms with E-state index >= 15 is 0 Å². The standard InChI is InChI=1S/C18H18F2N2O5S/c1-26-22(28(24,25)21-18(23)12-5-3-2-4-6-12)16-9-10-27-17(16)14-8-7-13(19)11-15(14)20/h2-8,11,16-17H,9-10H2,1H3,(H,21,23). The van der Waals surface area contributed by atoms with E-state index in [0.29, 0.717) is 10.5 Å². The Kier molecular flexibility index (Phi) is 6.04. The molecule has 0 saturated carbocycles. The van der Waals surface area contributed by atoms with E-state index in [1.165, 1.54) is 18.2 Å². The van der Waals surface area contributed by atoms with Crippen molar-refractivity contribution in [3.63, 3.8) is 0 Å². The first-order valence-corrected chi connectivity index (χ1v) is 9.79. The molecule has 2 aromatic carbocycles. The quantitative estimate of drug-likeness (QED) is 0.737. The van der Waals surface area contributed by atoms with Crippen LogP contribution in [-0.4, -0.2) is 38.6 Å². The van der Waals surface area contributed by atoms with Gasteiger partial charge in [0.25, 0.3) is 5.91 Å². The lowest BCUT2D eigenvalue weighted by atomic mass is 10.0.